The molecule has 1 heterocycles. The van der Waals surface area contributed by atoms with E-state index in [1.54, 1.807) is 0 Å². The summed E-state index contributed by atoms with van der Waals surface area (Å²) in [5, 5.41) is 0. The van der Waals surface area contributed by atoms with Crippen molar-refractivity contribution in [1.82, 2.24) is 4.90 Å². The first-order chi connectivity index (χ1) is 9.11. The Morgan fingerprint density at radius 3 is 2.32 bits per heavy atom. The number of nitrogens with zero attached hydrogens (tertiary/aromatic N) is 1. The summed E-state index contributed by atoms with van der Waals surface area (Å²) in [5.41, 5.74) is 6.86. The Kier molecular flexibility index (Phi) is 4.32. The van der Waals surface area contributed by atoms with Crippen LogP contribution in [-0.4, -0.2) is 29.3 Å². The van der Waals surface area contributed by atoms with Crippen LogP contribution in [0.3, 0.4) is 0 Å². The van der Waals surface area contributed by atoms with Crippen LogP contribution in [0, 0.1) is 5.92 Å². The number of benzene rings is 1. The number of likely N-dealkylation sites (tertiary alicyclic amines) is 1. The summed E-state index contributed by atoms with van der Waals surface area (Å²) in [5.74, 6) is -0.0309. The number of carbonyl (C=O) groups is 2. The molecule has 1 aromatic rings. The molecule has 1 atom stereocenters. The van der Waals surface area contributed by atoms with Gasteiger partial charge in [-0.15, -0.1) is 0 Å². The van der Waals surface area contributed by atoms with E-state index in [-0.39, 0.29) is 23.8 Å². The van der Waals surface area contributed by atoms with Gasteiger partial charge in [0.25, 0.3) is 0 Å². The minimum absolute atomic E-state index is 0.0878. The smallest absolute Gasteiger partial charge is 0.229 e. The maximum absolute atomic E-state index is 12.1. The lowest BCUT2D eigenvalue weighted by Gasteiger charge is -2.34. The van der Waals surface area contributed by atoms with E-state index in [4.69, 9.17) is 5.73 Å². The summed E-state index contributed by atoms with van der Waals surface area (Å²) in [6.07, 6.45) is 1.51. The summed E-state index contributed by atoms with van der Waals surface area (Å²) in [6, 6.07) is 9.60. The van der Waals surface area contributed by atoms with Crippen LogP contribution in [0.4, 0.5) is 0 Å². The van der Waals surface area contributed by atoms with Gasteiger partial charge in [-0.2, -0.15) is 0 Å². The Morgan fingerprint density at radius 2 is 1.79 bits per heavy atom. The second-order valence-corrected chi connectivity index (χ2v) is 5.25. The molecule has 2 N–H and O–H groups in total. The van der Waals surface area contributed by atoms with Crippen molar-refractivity contribution in [3.63, 3.8) is 0 Å². The largest absolute Gasteiger partial charge is 0.328 e. The molecule has 2 amide bonds. The zero-order chi connectivity index (χ0) is 13.8. The van der Waals surface area contributed by atoms with Crippen molar-refractivity contribution in [1.29, 1.82) is 0 Å². The second-order valence-electron chi connectivity index (χ2n) is 5.25. The Balaban J connectivity index is 2.13. The Labute approximate surface area is 113 Å². The zero-order valence-corrected chi connectivity index (χ0v) is 11.2. The first-order valence-electron chi connectivity index (χ1n) is 6.70. The lowest BCUT2D eigenvalue weighted by molar-refractivity contribution is -0.152. The van der Waals surface area contributed by atoms with Crippen molar-refractivity contribution in [2.75, 3.05) is 6.54 Å². The highest BCUT2D eigenvalue weighted by Crippen LogP contribution is 2.22. The Bertz CT molecular complexity index is 440. The van der Waals surface area contributed by atoms with E-state index < -0.39 is 0 Å². The number of carbonyl (C=O) groups excluding carboxylic acids is 2. The molecule has 0 aromatic heterocycles. The summed E-state index contributed by atoms with van der Waals surface area (Å²) in [6.45, 7) is 2.24. The van der Waals surface area contributed by atoms with Gasteiger partial charge >= 0.3 is 0 Å². The molecule has 0 aliphatic carbocycles. The molecular formula is C15H20N2O2. The van der Waals surface area contributed by atoms with Crippen molar-refractivity contribution < 1.29 is 9.59 Å². The summed E-state index contributed by atoms with van der Waals surface area (Å²) in [4.78, 5) is 25.5. The fraction of sp³-hybridized carbons (Fsp3) is 0.467. The molecule has 1 fully saturated rings. The summed E-state index contributed by atoms with van der Waals surface area (Å²) < 4.78 is 0. The number of piperidine rings is 1. The number of nitrogens with two attached hydrogens (primary N) is 1. The average molecular weight is 260 g/mol. The van der Waals surface area contributed by atoms with Gasteiger partial charge in [-0.25, -0.2) is 0 Å². The van der Waals surface area contributed by atoms with Crippen LogP contribution >= 0.6 is 0 Å². The van der Waals surface area contributed by atoms with Gasteiger partial charge in [0.05, 0.1) is 6.04 Å². The van der Waals surface area contributed by atoms with Crippen molar-refractivity contribution in [3.8, 4) is 0 Å². The molecule has 0 radical (unpaired) electrons. The minimum atomic E-state index is -0.227. The van der Waals surface area contributed by atoms with Crippen molar-refractivity contribution in [2.45, 2.75) is 32.2 Å². The van der Waals surface area contributed by atoms with E-state index in [1.807, 2.05) is 37.3 Å². The molecule has 1 saturated heterocycles. The highest BCUT2D eigenvalue weighted by Gasteiger charge is 2.34. The normalized spacial score (nSPS) is 18.7. The topological polar surface area (TPSA) is 63.4 Å². The van der Waals surface area contributed by atoms with Gasteiger partial charge in [-0.3, -0.25) is 14.5 Å². The molecule has 19 heavy (non-hydrogen) atoms. The molecule has 1 aliphatic heterocycles. The number of hydrogen-bond acceptors (Lipinski definition) is 3. The molecule has 1 unspecified atom stereocenters. The van der Waals surface area contributed by atoms with Gasteiger partial charge in [-0.1, -0.05) is 37.3 Å². The maximum Gasteiger partial charge on any atom is 0.229 e. The third kappa shape index (κ3) is 3.20. The van der Waals surface area contributed by atoms with Gasteiger partial charge in [-0.05, 0) is 17.9 Å². The molecule has 0 bridgehead atoms. The monoisotopic (exact) mass is 260 g/mol. The van der Waals surface area contributed by atoms with Crippen LogP contribution in [-0.2, 0) is 16.0 Å². The van der Waals surface area contributed by atoms with Crippen LogP contribution in [0.25, 0.3) is 0 Å². The Morgan fingerprint density at radius 1 is 1.21 bits per heavy atom. The Hall–Kier alpha value is -1.68. The predicted octanol–water partition coefficient (Wildman–Crippen LogP) is 1.34. The number of imide groups is 1. The second kappa shape index (κ2) is 5.97. The summed E-state index contributed by atoms with van der Waals surface area (Å²) >= 11 is 0. The highest BCUT2D eigenvalue weighted by atomic mass is 16.2. The number of amides is 2. The average Bonchev–Trinajstić information content (AvgIpc) is 2.37. The van der Waals surface area contributed by atoms with Crippen LogP contribution in [0.15, 0.2) is 30.3 Å². The highest BCUT2D eigenvalue weighted by molar-refractivity contribution is 5.98. The SMILES string of the molecule is CC1CC(=O)N(C(CN)Cc2ccccc2)C(=O)C1. The van der Waals surface area contributed by atoms with E-state index >= 15 is 0 Å². The fourth-order valence-corrected chi connectivity index (χ4v) is 2.58. The molecule has 1 aliphatic rings. The van der Waals surface area contributed by atoms with E-state index in [0.29, 0.717) is 25.8 Å². The number of rotatable bonds is 4. The van der Waals surface area contributed by atoms with Crippen LogP contribution in [0.1, 0.15) is 25.3 Å². The third-order valence-electron chi connectivity index (χ3n) is 3.53. The lowest BCUT2D eigenvalue weighted by Crippen LogP contribution is -2.52. The quantitative estimate of drug-likeness (QED) is 0.831. The summed E-state index contributed by atoms with van der Waals surface area (Å²) in [7, 11) is 0. The molecule has 2 rings (SSSR count). The molecule has 0 saturated carbocycles. The molecule has 0 spiro atoms. The van der Waals surface area contributed by atoms with E-state index in [9.17, 15) is 9.59 Å². The van der Waals surface area contributed by atoms with Gasteiger partial charge in [0.2, 0.25) is 11.8 Å². The van der Waals surface area contributed by atoms with E-state index in [2.05, 4.69) is 0 Å². The predicted molar refractivity (Wildman–Crippen MR) is 73.2 cm³/mol. The molecular weight excluding hydrogens is 240 g/mol. The lowest BCUT2D eigenvalue weighted by atomic mass is 9.94. The first kappa shape index (κ1) is 13.7. The van der Waals surface area contributed by atoms with Crippen molar-refractivity contribution >= 4 is 11.8 Å². The van der Waals surface area contributed by atoms with Crippen molar-refractivity contribution in [3.05, 3.63) is 35.9 Å². The van der Waals surface area contributed by atoms with Gasteiger partial charge in [0.1, 0.15) is 0 Å². The zero-order valence-electron chi connectivity index (χ0n) is 11.2. The fourth-order valence-electron chi connectivity index (χ4n) is 2.58. The van der Waals surface area contributed by atoms with Gasteiger partial charge in [0, 0.05) is 19.4 Å². The molecule has 102 valence electrons. The number of hydrogen-bond donors (Lipinski definition) is 1. The van der Waals surface area contributed by atoms with Crippen LogP contribution < -0.4 is 5.73 Å². The maximum atomic E-state index is 12.1. The van der Waals surface area contributed by atoms with Crippen LogP contribution in [0.5, 0.6) is 0 Å². The van der Waals surface area contributed by atoms with Crippen molar-refractivity contribution in [2.24, 2.45) is 11.7 Å². The minimum Gasteiger partial charge on any atom is -0.328 e. The van der Waals surface area contributed by atoms with Gasteiger partial charge in [0.15, 0.2) is 0 Å². The molecule has 4 heteroatoms. The third-order valence-corrected chi connectivity index (χ3v) is 3.53. The first-order valence-corrected chi connectivity index (χ1v) is 6.70. The van der Waals surface area contributed by atoms with Gasteiger partial charge < -0.3 is 5.73 Å². The molecule has 4 nitrogen and oxygen atoms in total. The van der Waals surface area contributed by atoms with E-state index in [1.165, 1.54) is 4.90 Å². The van der Waals surface area contributed by atoms with E-state index in [0.717, 1.165) is 5.56 Å². The van der Waals surface area contributed by atoms with Crippen LogP contribution in [0.2, 0.25) is 0 Å². The standard InChI is InChI=1S/C15H20N2O2/c1-11-7-14(18)17(15(19)8-11)13(10-16)9-12-5-3-2-4-6-12/h2-6,11,13H,7-10,16H2,1H3. The molecule has 1 aromatic carbocycles.